The van der Waals surface area contributed by atoms with Crippen molar-refractivity contribution < 1.29 is 14.7 Å². The number of hydrogen-bond donors (Lipinski definition) is 2. The maximum Gasteiger partial charge on any atom is 0.327 e. The Hall–Kier alpha value is -1.66. The zero-order valence-corrected chi connectivity index (χ0v) is 15.0. The van der Waals surface area contributed by atoms with Crippen molar-refractivity contribution in [1.29, 1.82) is 0 Å². The summed E-state index contributed by atoms with van der Waals surface area (Å²) >= 11 is 5.71. The lowest BCUT2D eigenvalue weighted by Crippen LogP contribution is -2.45. The van der Waals surface area contributed by atoms with Gasteiger partial charge >= 0.3 is 5.97 Å². The van der Waals surface area contributed by atoms with Crippen LogP contribution in [-0.2, 0) is 9.59 Å². The molecule has 0 radical (unpaired) electrons. The van der Waals surface area contributed by atoms with Gasteiger partial charge in [0.2, 0.25) is 5.91 Å². The summed E-state index contributed by atoms with van der Waals surface area (Å²) in [7, 11) is 0. The first kappa shape index (κ1) is 17.2. The molecule has 0 aromatic heterocycles. The fourth-order valence-corrected chi connectivity index (χ4v) is 4.62. The van der Waals surface area contributed by atoms with Gasteiger partial charge in [-0.25, -0.2) is 4.79 Å². The number of thioether (sulfide) groups is 1. The van der Waals surface area contributed by atoms with Crippen LogP contribution in [0.5, 0.6) is 0 Å². The molecule has 0 bridgehead atoms. The van der Waals surface area contributed by atoms with Crippen molar-refractivity contribution >= 4 is 47.0 Å². The number of nitrogens with zero attached hydrogens (tertiary/aromatic N) is 1. The van der Waals surface area contributed by atoms with Crippen molar-refractivity contribution in [2.24, 2.45) is 5.92 Å². The molecular formula is C18H19NO3S2. The van der Waals surface area contributed by atoms with Gasteiger partial charge in [0, 0.05) is 17.4 Å². The second-order valence-corrected chi connectivity index (χ2v) is 7.42. The topological polar surface area (TPSA) is 57.6 Å². The van der Waals surface area contributed by atoms with E-state index in [2.05, 4.69) is 12.6 Å². The van der Waals surface area contributed by atoms with Crippen molar-refractivity contribution in [2.75, 3.05) is 11.5 Å². The average Bonchev–Trinajstić information content (AvgIpc) is 3.04. The van der Waals surface area contributed by atoms with E-state index >= 15 is 0 Å². The van der Waals surface area contributed by atoms with E-state index in [1.54, 1.807) is 6.92 Å². The standard InChI is InChI=1S/C18H19NO3S2/c1-11(9-23)16(20)19-15(18(21)22)10-24-17(19)14-8-4-6-12-5-2-3-7-13(12)14/h2-8,11,15,17,23H,9-10H2,1H3,(H,21,22)/t11-,15+,17?/m1/s1. The number of carboxylic acid groups (broad SMARTS) is 1. The number of carbonyl (C=O) groups is 2. The van der Waals surface area contributed by atoms with Crippen LogP contribution in [0.15, 0.2) is 42.5 Å². The van der Waals surface area contributed by atoms with E-state index in [0.717, 1.165) is 16.3 Å². The molecule has 1 unspecified atom stereocenters. The molecule has 2 aromatic carbocycles. The number of benzene rings is 2. The van der Waals surface area contributed by atoms with E-state index in [4.69, 9.17) is 0 Å². The highest BCUT2D eigenvalue weighted by atomic mass is 32.2. The van der Waals surface area contributed by atoms with Gasteiger partial charge in [-0.15, -0.1) is 11.8 Å². The largest absolute Gasteiger partial charge is 0.480 e. The third-order valence-electron chi connectivity index (χ3n) is 4.32. The Labute approximate surface area is 150 Å². The third kappa shape index (κ3) is 3.00. The predicted octanol–water partition coefficient (Wildman–Crippen LogP) is 3.43. The van der Waals surface area contributed by atoms with Crippen molar-refractivity contribution in [3.63, 3.8) is 0 Å². The van der Waals surface area contributed by atoms with Gasteiger partial charge in [0.1, 0.15) is 11.4 Å². The van der Waals surface area contributed by atoms with Crippen molar-refractivity contribution in [3.8, 4) is 0 Å². The van der Waals surface area contributed by atoms with E-state index in [1.165, 1.54) is 16.7 Å². The monoisotopic (exact) mass is 361 g/mol. The minimum atomic E-state index is -0.954. The summed E-state index contributed by atoms with van der Waals surface area (Å²) in [4.78, 5) is 26.0. The zero-order valence-electron chi connectivity index (χ0n) is 13.3. The van der Waals surface area contributed by atoms with Crippen LogP contribution in [0.2, 0.25) is 0 Å². The molecule has 1 saturated heterocycles. The van der Waals surface area contributed by atoms with Gasteiger partial charge in [0.15, 0.2) is 0 Å². The molecule has 1 fully saturated rings. The Balaban J connectivity index is 2.07. The van der Waals surface area contributed by atoms with Crippen LogP contribution in [0.1, 0.15) is 17.9 Å². The SMILES string of the molecule is C[C@H](CS)C(=O)N1C(c2cccc3ccccc23)SC[C@H]1C(=O)O. The Kier molecular flexibility index (Phi) is 5.06. The quantitative estimate of drug-likeness (QED) is 0.819. The summed E-state index contributed by atoms with van der Waals surface area (Å²) < 4.78 is 0. The van der Waals surface area contributed by atoms with Crippen LogP contribution in [0, 0.1) is 5.92 Å². The molecule has 4 nitrogen and oxygen atoms in total. The summed E-state index contributed by atoms with van der Waals surface area (Å²) in [6, 6.07) is 13.1. The second-order valence-electron chi connectivity index (χ2n) is 5.94. The summed E-state index contributed by atoms with van der Waals surface area (Å²) in [5, 5.41) is 11.4. The first-order chi connectivity index (χ1) is 11.5. The van der Waals surface area contributed by atoms with Gasteiger partial charge < -0.3 is 10.0 Å². The summed E-state index contributed by atoms with van der Waals surface area (Å²) in [6.45, 7) is 1.79. The van der Waals surface area contributed by atoms with Crippen LogP contribution in [0.25, 0.3) is 10.8 Å². The first-order valence-electron chi connectivity index (χ1n) is 7.79. The lowest BCUT2D eigenvalue weighted by Gasteiger charge is -2.30. The zero-order chi connectivity index (χ0) is 17.3. The molecule has 6 heteroatoms. The molecule has 1 N–H and O–H groups in total. The lowest BCUT2D eigenvalue weighted by molar-refractivity contribution is -0.150. The van der Waals surface area contributed by atoms with E-state index in [0.29, 0.717) is 11.5 Å². The predicted molar refractivity (Wildman–Crippen MR) is 100 cm³/mol. The van der Waals surface area contributed by atoms with Crippen LogP contribution in [-0.4, -0.2) is 39.4 Å². The van der Waals surface area contributed by atoms with Crippen LogP contribution >= 0.6 is 24.4 Å². The minimum absolute atomic E-state index is 0.152. The fourth-order valence-electron chi connectivity index (χ4n) is 3.00. The lowest BCUT2D eigenvalue weighted by atomic mass is 10.0. The number of carbonyl (C=O) groups excluding carboxylic acids is 1. The highest BCUT2D eigenvalue weighted by molar-refractivity contribution is 7.99. The van der Waals surface area contributed by atoms with Crippen molar-refractivity contribution in [1.82, 2.24) is 4.90 Å². The van der Waals surface area contributed by atoms with E-state index in [9.17, 15) is 14.7 Å². The van der Waals surface area contributed by atoms with Crippen molar-refractivity contribution in [3.05, 3.63) is 48.0 Å². The molecule has 0 saturated carbocycles. The van der Waals surface area contributed by atoms with Gasteiger partial charge in [0.05, 0.1) is 0 Å². The number of rotatable bonds is 4. The Morgan fingerprint density at radius 3 is 2.71 bits per heavy atom. The smallest absolute Gasteiger partial charge is 0.327 e. The molecule has 2 aromatic rings. The second kappa shape index (κ2) is 7.07. The molecule has 1 aliphatic rings. The summed E-state index contributed by atoms with van der Waals surface area (Å²) in [5.74, 6) is -0.625. The minimum Gasteiger partial charge on any atom is -0.480 e. The fraction of sp³-hybridized carbons (Fsp3) is 0.333. The highest BCUT2D eigenvalue weighted by Gasteiger charge is 2.43. The normalized spacial score (nSPS) is 21.8. The molecule has 1 aliphatic heterocycles. The molecule has 1 heterocycles. The molecule has 3 rings (SSSR count). The van der Waals surface area contributed by atoms with Crippen LogP contribution in [0.4, 0.5) is 0 Å². The number of amides is 1. The number of thiol groups is 1. The molecule has 3 atom stereocenters. The first-order valence-corrected chi connectivity index (χ1v) is 9.47. The van der Waals surface area contributed by atoms with Gasteiger partial charge in [0.25, 0.3) is 0 Å². The summed E-state index contributed by atoms with van der Waals surface area (Å²) in [5.41, 5.74) is 0.988. The van der Waals surface area contributed by atoms with E-state index in [1.807, 2.05) is 42.5 Å². The highest BCUT2D eigenvalue weighted by Crippen LogP contribution is 2.44. The van der Waals surface area contributed by atoms with Gasteiger partial charge in [-0.3, -0.25) is 4.79 Å². The maximum absolute atomic E-state index is 12.8. The number of hydrogen-bond acceptors (Lipinski definition) is 4. The van der Waals surface area contributed by atoms with Crippen molar-refractivity contribution in [2.45, 2.75) is 18.3 Å². The molecule has 126 valence electrons. The molecule has 24 heavy (non-hydrogen) atoms. The number of aliphatic carboxylic acids is 1. The summed E-state index contributed by atoms with van der Waals surface area (Å²) in [6.07, 6.45) is 0. The van der Waals surface area contributed by atoms with E-state index < -0.39 is 12.0 Å². The maximum atomic E-state index is 12.8. The molecule has 0 spiro atoms. The average molecular weight is 361 g/mol. The Morgan fingerprint density at radius 2 is 2.00 bits per heavy atom. The van der Waals surface area contributed by atoms with Crippen LogP contribution < -0.4 is 0 Å². The Bertz CT molecular complexity index is 774. The van der Waals surface area contributed by atoms with E-state index in [-0.39, 0.29) is 17.2 Å². The van der Waals surface area contributed by atoms with Gasteiger partial charge in [-0.05, 0) is 16.3 Å². The number of fused-ring (bicyclic) bond motifs is 1. The van der Waals surface area contributed by atoms with Gasteiger partial charge in [-0.1, -0.05) is 49.4 Å². The molecule has 0 aliphatic carbocycles. The third-order valence-corrected chi connectivity index (χ3v) is 6.18. The Morgan fingerprint density at radius 1 is 1.29 bits per heavy atom. The molecule has 1 amide bonds. The van der Waals surface area contributed by atoms with Crippen LogP contribution in [0.3, 0.4) is 0 Å². The molecular weight excluding hydrogens is 342 g/mol. The van der Waals surface area contributed by atoms with Gasteiger partial charge in [-0.2, -0.15) is 12.6 Å². The number of carboxylic acids is 1.